The van der Waals surface area contributed by atoms with E-state index in [4.69, 9.17) is 0 Å². The Morgan fingerprint density at radius 2 is 1.87 bits per heavy atom. The van der Waals surface area contributed by atoms with Crippen molar-refractivity contribution in [3.8, 4) is 0 Å². The molecule has 0 atom stereocenters. The fourth-order valence-electron chi connectivity index (χ4n) is 0.982. The van der Waals surface area contributed by atoms with Gasteiger partial charge in [-0.2, -0.15) is 13.2 Å². The van der Waals surface area contributed by atoms with Gasteiger partial charge in [0.05, 0.1) is 0 Å². The fourth-order valence-corrected chi connectivity index (χ4v) is 1.56. The first-order valence-electron chi connectivity index (χ1n) is 3.76. The summed E-state index contributed by atoms with van der Waals surface area (Å²) in [5.74, 6) is 0. The second kappa shape index (κ2) is 4.18. The van der Waals surface area contributed by atoms with E-state index in [0.717, 1.165) is 6.07 Å². The molecule has 1 nitrogen and oxygen atoms in total. The smallest absolute Gasteiger partial charge is 0.241 e. The third kappa shape index (κ3) is 2.76. The molecule has 7 heteroatoms. The highest BCUT2D eigenvalue weighted by molar-refractivity contribution is 14.1. The zero-order valence-corrected chi connectivity index (χ0v) is 9.53. The highest BCUT2D eigenvalue weighted by atomic mass is 127. The predicted octanol–water partition coefficient (Wildman–Crippen LogP) is 3.95. The van der Waals surface area contributed by atoms with Crippen molar-refractivity contribution >= 4 is 22.6 Å². The van der Waals surface area contributed by atoms with Crippen molar-refractivity contribution in [3.05, 3.63) is 26.6 Å². The molecular weight excluding hydrogens is 332 g/mol. The van der Waals surface area contributed by atoms with Gasteiger partial charge in [0.15, 0.2) is 5.69 Å². The first-order chi connectivity index (χ1) is 6.73. The standard InChI is InChI=1S/C8H5F5IN/c1-3-2-4(7(9)10)15-6(5(3)14)8(11,12)13/h2,7H,1H3. The molecule has 15 heavy (non-hydrogen) atoms. The summed E-state index contributed by atoms with van der Waals surface area (Å²) in [5, 5.41) is 0. The molecule has 0 aromatic carbocycles. The average Bonchev–Trinajstić information content (AvgIpc) is 2.06. The van der Waals surface area contributed by atoms with Crippen LogP contribution < -0.4 is 0 Å². The van der Waals surface area contributed by atoms with Gasteiger partial charge in [0.1, 0.15) is 5.69 Å². The summed E-state index contributed by atoms with van der Waals surface area (Å²) in [6.45, 7) is 1.34. The summed E-state index contributed by atoms with van der Waals surface area (Å²) < 4.78 is 61.4. The van der Waals surface area contributed by atoms with Gasteiger partial charge >= 0.3 is 6.18 Å². The van der Waals surface area contributed by atoms with E-state index in [-0.39, 0.29) is 9.13 Å². The number of pyridine rings is 1. The summed E-state index contributed by atoms with van der Waals surface area (Å²) in [6.07, 6.45) is -7.70. The lowest BCUT2D eigenvalue weighted by atomic mass is 10.2. The molecule has 0 aliphatic carbocycles. The molecule has 0 bridgehead atoms. The lowest BCUT2D eigenvalue weighted by Gasteiger charge is -2.12. The monoisotopic (exact) mass is 337 g/mol. The molecule has 1 rings (SSSR count). The summed E-state index contributed by atoms with van der Waals surface area (Å²) in [7, 11) is 0. The molecular formula is C8H5F5IN. The van der Waals surface area contributed by atoms with Gasteiger partial charge in [-0.3, -0.25) is 0 Å². The van der Waals surface area contributed by atoms with Crippen LogP contribution in [0.15, 0.2) is 6.07 Å². The van der Waals surface area contributed by atoms with Gasteiger partial charge in [-0.25, -0.2) is 13.8 Å². The van der Waals surface area contributed by atoms with E-state index in [9.17, 15) is 22.0 Å². The van der Waals surface area contributed by atoms with Crippen molar-refractivity contribution in [2.45, 2.75) is 19.5 Å². The molecule has 0 aliphatic rings. The number of aromatic nitrogens is 1. The van der Waals surface area contributed by atoms with Crippen molar-refractivity contribution < 1.29 is 22.0 Å². The second-order valence-electron chi connectivity index (χ2n) is 2.83. The Labute approximate surface area is 95.8 Å². The number of halogens is 6. The Kier molecular flexibility index (Phi) is 3.51. The Bertz CT molecular complexity index is 374. The second-order valence-corrected chi connectivity index (χ2v) is 3.90. The molecule has 0 amide bonds. The number of hydrogen-bond acceptors (Lipinski definition) is 1. The van der Waals surface area contributed by atoms with Crippen molar-refractivity contribution in [1.82, 2.24) is 4.98 Å². The molecule has 0 unspecified atom stereocenters. The maximum Gasteiger partial charge on any atom is 0.434 e. The van der Waals surface area contributed by atoms with Crippen LogP contribution in [0.5, 0.6) is 0 Å². The van der Waals surface area contributed by atoms with E-state index in [2.05, 4.69) is 4.98 Å². The van der Waals surface area contributed by atoms with Crippen LogP contribution in [0.2, 0.25) is 0 Å². The summed E-state index contributed by atoms with van der Waals surface area (Å²) in [6, 6.07) is 0.960. The summed E-state index contributed by atoms with van der Waals surface area (Å²) in [5.41, 5.74) is -1.95. The van der Waals surface area contributed by atoms with E-state index in [0.29, 0.717) is 0 Å². The van der Waals surface area contributed by atoms with Crippen molar-refractivity contribution in [2.24, 2.45) is 0 Å². The number of aryl methyl sites for hydroxylation is 1. The quantitative estimate of drug-likeness (QED) is 0.559. The highest BCUT2D eigenvalue weighted by Crippen LogP contribution is 2.34. The topological polar surface area (TPSA) is 12.9 Å². The zero-order valence-electron chi connectivity index (χ0n) is 7.37. The highest BCUT2D eigenvalue weighted by Gasteiger charge is 2.36. The van der Waals surface area contributed by atoms with Crippen LogP contribution in [0.4, 0.5) is 22.0 Å². The minimum absolute atomic E-state index is 0.147. The van der Waals surface area contributed by atoms with Crippen LogP contribution in [0.3, 0.4) is 0 Å². The Hall–Kier alpha value is -0.470. The molecule has 0 saturated carbocycles. The molecule has 0 saturated heterocycles. The summed E-state index contributed by atoms with van der Waals surface area (Å²) in [4.78, 5) is 2.92. The lowest BCUT2D eigenvalue weighted by Crippen LogP contribution is -2.13. The van der Waals surface area contributed by atoms with Crippen molar-refractivity contribution in [2.75, 3.05) is 0 Å². The van der Waals surface area contributed by atoms with E-state index >= 15 is 0 Å². The van der Waals surface area contributed by atoms with Gasteiger partial charge in [0, 0.05) is 3.57 Å². The third-order valence-corrected chi connectivity index (χ3v) is 3.01. The van der Waals surface area contributed by atoms with Gasteiger partial charge in [0.2, 0.25) is 0 Å². The largest absolute Gasteiger partial charge is 0.434 e. The van der Waals surface area contributed by atoms with Gasteiger partial charge in [0.25, 0.3) is 6.43 Å². The molecule has 1 aromatic rings. The first kappa shape index (κ1) is 12.6. The van der Waals surface area contributed by atoms with Gasteiger partial charge < -0.3 is 0 Å². The normalized spacial score (nSPS) is 12.3. The molecule has 0 aliphatic heterocycles. The van der Waals surface area contributed by atoms with Gasteiger partial charge in [-0.1, -0.05) is 0 Å². The molecule has 1 heterocycles. The van der Waals surface area contributed by atoms with Crippen molar-refractivity contribution in [3.63, 3.8) is 0 Å². The van der Waals surface area contributed by atoms with Crippen LogP contribution in [0, 0.1) is 10.5 Å². The van der Waals surface area contributed by atoms with Crippen LogP contribution in [0.25, 0.3) is 0 Å². The van der Waals surface area contributed by atoms with Crippen LogP contribution in [-0.4, -0.2) is 4.98 Å². The van der Waals surface area contributed by atoms with Crippen molar-refractivity contribution in [1.29, 1.82) is 0 Å². The molecule has 0 fully saturated rings. The minimum atomic E-state index is -4.70. The Morgan fingerprint density at radius 3 is 2.27 bits per heavy atom. The molecule has 0 N–H and O–H groups in total. The molecule has 0 spiro atoms. The Balaban J connectivity index is 3.38. The van der Waals surface area contributed by atoms with Crippen LogP contribution in [-0.2, 0) is 6.18 Å². The third-order valence-electron chi connectivity index (χ3n) is 1.65. The van der Waals surface area contributed by atoms with Gasteiger partial charge in [-0.15, -0.1) is 0 Å². The number of rotatable bonds is 1. The van der Waals surface area contributed by atoms with E-state index in [1.54, 1.807) is 0 Å². The molecule has 0 radical (unpaired) electrons. The van der Waals surface area contributed by atoms with E-state index in [1.165, 1.54) is 29.5 Å². The maximum atomic E-state index is 12.4. The fraction of sp³-hybridized carbons (Fsp3) is 0.375. The number of hydrogen-bond donors (Lipinski definition) is 0. The predicted molar refractivity (Wildman–Crippen MR) is 51.7 cm³/mol. The molecule has 1 aromatic heterocycles. The number of nitrogens with zero attached hydrogens (tertiary/aromatic N) is 1. The lowest BCUT2D eigenvalue weighted by molar-refractivity contribution is -0.142. The number of alkyl halides is 5. The van der Waals surface area contributed by atoms with Gasteiger partial charge in [-0.05, 0) is 41.1 Å². The van der Waals surface area contributed by atoms with Crippen LogP contribution in [0.1, 0.15) is 23.4 Å². The minimum Gasteiger partial charge on any atom is -0.241 e. The summed E-state index contributed by atoms with van der Waals surface area (Å²) >= 11 is 1.44. The SMILES string of the molecule is Cc1cc(C(F)F)nc(C(F)(F)F)c1I. The zero-order chi connectivity index (χ0) is 11.8. The van der Waals surface area contributed by atoms with Crippen LogP contribution >= 0.6 is 22.6 Å². The Morgan fingerprint density at radius 1 is 1.33 bits per heavy atom. The average molecular weight is 337 g/mol. The first-order valence-corrected chi connectivity index (χ1v) is 4.83. The van der Waals surface area contributed by atoms with E-state index in [1.807, 2.05) is 0 Å². The molecule has 84 valence electrons. The maximum absolute atomic E-state index is 12.4. The van der Waals surface area contributed by atoms with E-state index < -0.39 is 24.0 Å².